The van der Waals surface area contributed by atoms with Crippen molar-refractivity contribution in [3.63, 3.8) is 0 Å². The number of benzene rings is 1. The summed E-state index contributed by atoms with van der Waals surface area (Å²) in [5.41, 5.74) is 5.57. The molecule has 0 fully saturated rings. The van der Waals surface area contributed by atoms with Crippen molar-refractivity contribution >= 4 is 15.7 Å². The quantitative estimate of drug-likeness (QED) is 0.540. The topological polar surface area (TPSA) is 81.4 Å². The molecule has 0 bridgehead atoms. The van der Waals surface area contributed by atoms with Crippen LogP contribution in [0.1, 0.15) is 31.7 Å². The van der Waals surface area contributed by atoms with E-state index in [1.165, 1.54) is 6.92 Å². The molecule has 0 saturated heterocycles. The zero-order valence-electron chi connectivity index (χ0n) is 12.5. The van der Waals surface area contributed by atoms with E-state index in [4.69, 9.17) is 10.5 Å². The molecule has 1 rings (SSSR count). The zero-order valence-corrected chi connectivity index (χ0v) is 13.3. The molecule has 0 unspecified atom stereocenters. The van der Waals surface area contributed by atoms with Gasteiger partial charge >= 0.3 is 0 Å². The molecule has 0 saturated carbocycles. The lowest BCUT2D eigenvalue weighted by Crippen LogP contribution is -2.26. The van der Waals surface area contributed by atoms with Gasteiger partial charge in [0.15, 0.2) is 0 Å². The molecule has 120 valence electrons. The molecule has 0 radical (unpaired) electrons. The van der Waals surface area contributed by atoms with Crippen molar-refractivity contribution in [2.75, 3.05) is 25.5 Å². The van der Waals surface area contributed by atoms with Crippen molar-refractivity contribution < 1.29 is 17.5 Å². The third kappa shape index (κ3) is 5.61. The summed E-state index contributed by atoms with van der Waals surface area (Å²) in [5.74, 6) is -0.615. The molecule has 3 N–H and O–H groups in total. The lowest BCUT2D eigenvalue weighted by Gasteiger charge is -2.10. The highest BCUT2D eigenvalue weighted by Gasteiger charge is 2.18. The minimum Gasteiger partial charge on any atom is -0.396 e. The van der Waals surface area contributed by atoms with E-state index < -0.39 is 15.8 Å². The number of ether oxygens (including phenoxy) is 1. The summed E-state index contributed by atoms with van der Waals surface area (Å²) in [4.78, 5) is 0.00769. The Morgan fingerprint density at radius 3 is 2.62 bits per heavy atom. The summed E-state index contributed by atoms with van der Waals surface area (Å²) in [6, 6.07) is 2.27. The van der Waals surface area contributed by atoms with Gasteiger partial charge in [-0.05, 0) is 37.5 Å². The summed E-state index contributed by atoms with van der Waals surface area (Å²) in [7, 11) is -3.68. The lowest BCUT2D eigenvalue weighted by molar-refractivity contribution is 0.130. The Morgan fingerprint density at radius 1 is 1.29 bits per heavy atom. The molecule has 0 aliphatic carbocycles. The van der Waals surface area contributed by atoms with Crippen LogP contribution in [0.25, 0.3) is 0 Å². The summed E-state index contributed by atoms with van der Waals surface area (Å²) in [6.07, 6.45) is 2.65. The maximum atomic E-state index is 13.2. The van der Waals surface area contributed by atoms with Crippen molar-refractivity contribution in [3.8, 4) is 0 Å². The largest absolute Gasteiger partial charge is 0.396 e. The molecular weight excluding hydrogens is 295 g/mol. The van der Waals surface area contributed by atoms with E-state index in [2.05, 4.69) is 11.6 Å². The van der Waals surface area contributed by atoms with E-state index in [9.17, 15) is 12.8 Å². The van der Waals surface area contributed by atoms with Crippen LogP contribution in [0.2, 0.25) is 0 Å². The molecule has 0 aromatic heterocycles. The van der Waals surface area contributed by atoms with E-state index in [1.807, 2.05) is 0 Å². The molecule has 0 amide bonds. The number of halogens is 1. The van der Waals surface area contributed by atoms with Gasteiger partial charge in [-0.1, -0.05) is 13.3 Å². The van der Waals surface area contributed by atoms with Gasteiger partial charge in [-0.2, -0.15) is 0 Å². The Labute approximate surface area is 125 Å². The highest BCUT2D eigenvalue weighted by molar-refractivity contribution is 7.89. The maximum absolute atomic E-state index is 13.2. The van der Waals surface area contributed by atoms with E-state index in [1.54, 1.807) is 0 Å². The number of hydrogen-bond acceptors (Lipinski definition) is 4. The van der Waals surface area contributed by atoms with Crippen LogP contribution < -0.4 is 10.5 Å². The number of rotatable bonds is 9. The van der Waals surface area contributed by atoms with Crippen LogP contribution in [-0.4, -0.2) is 28.2 Å². The van der Waals surface area contributed by atoms with Gasteiger partial charge in [-0.25, -0.2) is 17.5 Å². The number of hydrogen-bond donors (Lipinski definition) is 2. The van der Waals surface area contributed by atoms with Gasteiger partial charge in [-0.3, -0.25) is 0 Å². The Hall–Kier alpha value is -1.18. The van der Waals surface area contributed by atoms with E-state index in [0.29, 0.717) is 25.2 Å². The fourth-order valence-electron chi connectivity index (χ4n) is 1.77. The predicted octanol–water partition coefficient (Wildman–Crippen LogP) is 2.20. The average molecular weight is 318 g/mol. The van der Waals surface area contributed by atoms with E-state index in [0.717, 1.165) is 25.0 Å². The third-order valence-corrected chi connectivity index (χ3v) is 4.59. The second-order valence-corrected chi connectivity index (χ2v) is 6.59. The minimum absolute atomic E-state index is 0.00769. The average Bonchev–Trinajstić information content (AvgIpc) is 2.41. The zero-order chi connectivity index (χ0) is 15.9. The van der Waals surface area contributed by atoms with Crippen molar-refractivity contribution in [1.82, 2.24) is 4.72 Å². The monoisotopic (exact) mass is 318 g/mol. The molecule has 21 heavy (non-hydrogen) atoms. The highest BCUT2D eigenvalue weighted by atomic mass is 32.2. The second kappa shape index (κ2) is 8.31. The molecule has 1 aromatic carbocycles. The van der Waals surface area contributed by atoms with E-state index in [-0.39, 0.29) is 17.1 Å². The van der Waals surface area contributed by atoms with Crippen molar-refractivity contribution in [3.05, 3.63) is 23.5 Å². The number of anilines is 1. The molecule has 0 aliphatic heterocycles. The molecule has 7 heteroatoms. The van der Waals surface area contributed by atoms with Crippen LogP contribution >= 0.6 is 0 Å². The number of sulfonamides is 1. The van der Waals surface area contributed by atoms with Gasteiger partial charge < -0.3 is 10.5 Å². The van der Waals surface area contributed by atoms with Crippen LogP contribution in [-0.2, 0) is 14.8 Å². The van der Waals surface area contributed by atoms with Gasteiger partial charge in [0.2, 0.25) is 10.0 Å². The Bertz CT molecular complexity index is 562. The standard InChI is InChI=1S/C14H23FN2O3S/c1-3-4-7-20-8-5-6-17-21(18,19)14-10-13(16)12(15)9-11(14)2/h9-10,17H,3-8,16H2,1-2H3. The summed E-state index contributed by atoms with van der Waals surface area (Å²) in [6.45, 7) is 5.08. The molecule has 1 aromatic rings. The first-order valence-electron chi connectivity index (χ1n) is 7.01. The van der Waals surface area contributed by atoms with Crippen molar-refractivity contribution in [1.29, 1.82) is 0 Å². The van der Waals surface area contributed by atoms with E-state index >= 15 is 0 Å². The van der Waals surface area contributed by atoms with Crippen LogP contribution in [0.4, 0.5) is 10.1 Å². The Kier molecular flexibility index (Phi) is 7.07. The lowest BCUT2D eigenvalue weighted by atomic mass is 10.2. The summed E-state index contributed by atoms with van der Waals surface area (Å²) < 4.78 is 45.3. The van der Waals surface area contributed by atoms with Crippen molar-refractivity contribution in [2.45, 2.75) is 38.0 Å². The summed E-state index contributed by atoms with van der Waals surface area (Å²) in [5, 5.41) is 0. The number of aryl methyl sites for hydroxylation is 1. The van der Waals surface area contributed by atoms with Gasteiger partial charge in [0.25, 0.3) is 0 Å². The molecular formula is C14H23FN2O3S. The molecule has 0 aliphatic rings. The molecule has 0 heterocycles. The smallest absolute Gasteiger partial charge is 0.240 e. The number of unbranched alkanes of at least 4 members (excludes halogenated alkanes) is 1. The summed E-state index contributed by atoms with van der Waals surface area (Å²) >= 11 is 0. The van der Waals surface area contributed by atoms with Gasteiger partial charge in [-0.15, -0.1) is 0 Å². The minimum atomic E-state index is -3.68. The van der Waals surface area contributed by atoms with Gasteiger partial charge in [0.1, 0.15) is 5.82 Å². The highest BCUT2D eigenvalue weighted by Crippen LogP contribution is 2.21. The van der Waals surface area contributed by atoms with Crippen LogP contribution in [0, 0.1) is 12.7 Å². The fraction of sp³-hybridized carbons (Fsp3) is 0.571. The van der Waals surface area contributed by atoms with Crippen molar-refractivity contribution in [2.24, 2.45) is 0 Å². The number of nitrogens with one attached hydrogen (secondary N) is 1. The van der Waals surface area contributed by atoms with Gasteiger partial charge in [0.05, 0.1) is 10.6 Å². The normalized spacial score (nSPS) is 11.8. The fourth-order valence-corrected chi connectivity index (χ4v) is 3.10. The SMILES string of the molecule is CCCCOCCCNS(=O)(=O)c1cc(N)c(F)cc1C. The second-order valence-electron chi connectivity index (χ2n) is 4.86. The first-order chi connectivity index (χ1) is 9.88. The maximum Gasteiger partial charge on any atom is 0.240 e. The first kappa shape index (κ1) is 17.9. The third-order valence-electron chi connectivity index (χ3n) is 2.98. The Morgan fingerprint density at radius 2 is 1.95 bits per heavy atom. The predicted molar refractivity (Wildman–Crippen MR) is 81.1 cm³/mol. The molecule has 0 spiro atoms. The molecule has 5 nitrogen and oxygen atoms in total. The molecule has 0 atom stereocenters. The first-order valence-corrected chi connectivity index (χ1v) is 8.50. The number of nitrogen functional groups attached to an aromatic ring is 1. The van der Waals surface area contributed by atoms with Gasteiger partial charge in [0, 0.05) is 19.8 Å². The van der Waals surface area contributed by atoms with Crippen LogP contribution in [0.15, 0.2) is 17.0 Å². The number of nitrogens with two attached hydrogens (primary N) is 1. The Balaban J connectivity index is 2.53. The van der Waals surface area contributed by atoms with Crippen LogP contribution in [0.3, 0.4) is 0 Å². The van der Waals surface area contributed by atoms with Crippen LogP contribution in [0.5, 0.6) is 0 Å².